The van der Waals surface area contributed by atoms with Crippen molar-refractivity contribution in [2.75, 3.05) is 6.61 Å². The lowest BCUT2D eigenvalue weighted by Crippen LogP contribution is -1.99. The van der Waals surface area contributed by atoms with Gasteiger partial charge in [0, 0.05) is 17.0 Å². The lowest BCUT2D eigenvalue weighted by molar-refractivity contribution is -0.136. The summed E-state index contributed by atoms with van der Waals surface area (Å²) >= 11 is 5.84. The maximum absolute atomic E-state index is 11.0. The van der Waals surface area contributed by atoms with Crippen molar-refractivity contribution < 1.29 is 14.3 Å². The number of hydrogen-bond acceptors (Lipinski definition) is 3. The van der Waals surface area contributed by atoms with Crippen molar-refractivity contribution in [2.45, 2.75) is 6.92 Å². The number of rotatable bonds is 2. The SMILES string of the molecule is CCOC(=O)C#Cc1cc(C=O)ccc1Cl. The minimum atomic E-state index is -0.616. The summed E-state index contributed by atoms with van der Waals surface area (Å²) in [5.41, 5.74) is 0.886. The molecular weight excluding hydrogens is 228 g/mol. The highest BCUT2D eigenvalue weighted by atomic mass is 35.5. The third-order valence-electron chi connectivity index (χ3n) is 1.70. The summed E-state index contributed by atoms with van der Waals surface area (Å²) in [4.78, 5) is 21.5. The Labute approximate surface area is 98.4 Å². The zero-order valence-electron chi connectivity index (χ0n) is 8.62. The van der Waals surface area contributed by atoms with E-state index < -0.39 is 5.97 Å². The summed E-state index contributed by atoms with van der Waals surface area (Å²) in [5.74, 6) is 4.22. The number of hydrogen-bond donors (Lipinski definition) is 0. The second-order valence-corrected chi connectivity index (χ2v) is 3.23. The number of carbonyl (C=O) groups excluding carboxylic acids is 2. The van der Waals surface area contributed by atoms with Gasteiger partial charge in [-0.1, -0.05) is 23.6 Å². The molecule has 0 aliphatic carbocycles. The Balaban J connectivity index is 2.95. The monoisotopic (exact) mass is 236 g/mol. The number of carbonyl (C=O) groups is 2. The van der Waals surface area contributed by atoms with Gasteiger partial charge in [0.15, 0.2) is 0 Å². The van der Waals surface area contributed by atoms with Crippen LogP contribution in [0.3, 0.4) is 0 Å². The van der Waals surface area contributed by atoms with Crippen molar-refractivity contribution in [3.8, 4) is 11.8 Å². The van der Waals surface area contributed by atoms with Crippen LogP contribution >= 0.6 is 11.6 Å². The van der Waals surface area contributed by atoms with Gasteiger partial charge in [0.2, 0.25) is 0 Å². The largest absolute Gasteiger partial charge is 0.456 e. The first kappa shape index (κ1) is 12.3. The molecule has 0 unspecified atom stereocenters. The summed E-state index contributed by atoms with van der Waals surface area (Å²) in [6.07, 6.45) is 0.686. The Morgan fingerprint density at radius 1 is 1.56 bits per heavy atom. The maximum Gasteiger partial charge on any atom is 0.384 e. The van der Waals surface area contributed by atoms with Gasteiger partial charge in [0.05, 0.1) is 11.6 Å². The standard InChI is InChI=1S/C12H9ClO3/c1-2-16-12(15)6-4-10-7-9(8-14)3-5-11(10)13/h3,5,7-8H,2H2,1H3. The maximum atomic E-state index is 11.0. The van der Waals surface area contributed by atoms with Gasteiger partial charge in [0.25, 0.3) is 0 Å². The molecule has 0 atom stereocenters. The van der Waals surface area contributed by atoms with Gasteiger partial charge in [-0.05, 0) is 19.1 Å². The summed E-state index contributed by atoms with van der Waals surface area (Å²) in [7, 11) is 0. The normalized spacial score (nSPS) is 8.88. The van der Waals surface area contributed by atoms with Gasteiger partial charge < -0.3 is 4.74 Å². The predicted molar refractivity (Wildman–Crippen MR) is 60.4 cm³/mol. The first-order chi connectivity index (χ1) is 7.67. The van der Waals surface area contributed by atoms with Crippen LogP contribution in [0.15, 0.2) is 18.2 Å². The molecule has 0 aliphatic rings. The summed E-state index contributed by atoms with van der Waals surface area (Å²) in [5, 5.41) is 0.391. The van der Waals surface area contributed by atoms with Crippen LogP contribution < -0.4 is 0 Å². The average Bonchev–Trinajstić information content (AvgIpc) is 2.28. The quantitative estimate of drug-likeness (QED) is 0.449. The van der Waals surface area contributed by atoms with Gasteiger partial charge in [0.1, 0.15) is 6.29 Å². The first-order valence-corrected chi connectivity index (χ1v) is 4.98. The molecule has 0 amide bonds. The first-order valence-electron chi connectivity index (χ1n) is 4.61. The number of ether oxygens (including phenoxy) is 1. The summed E-state index contributed by atoms with van der Waals surface area (Å²) in [6.45, 7) is 1.97. The van der Waals surface area contributed by atoms with Gasteiger partial charge in [-0.3, -0.25) is 4.79 Å². The molecular formula is C12H9ClO3. The van der Waals surface area contributed by atoms with E-state index in [1.165, 1.54) is 6.07 Å². The van der Waals surface area contributed by atoms with E-state index in [1.54, 1.807) is 19.1 Å². The van der Waals surface area contributed by atoms with Crippen molar-refractivity contribution in [1.29, 1.82) is 0 Å². The minimum absolute atomic E-state index is 0.273. The lowest BCUT2D eigenvalue weighted by Gasteiger charge is -1.96. The number of aldehydes is 1. The van der Waals surface area contributed by atoms with Crippen molar-refractivity contribution in [3.63, 3.8) is 0 Å². The highest BCUT2D eigenvalue weighted by molar-refractivity contribution is 6.31. The van der Waals surface area contributed by atoms with Gasteiger partial charge in [-0.2, -0.15) is 0 Å². The molecule has 0 saturated heterocycles. The Morgan fingerprint density at radius 3 is 2.94 bits per heavy atom. The number of benzene rings is 1. The average molecular weight is 237 g/mol. The zero-order chi connectivity index (χ0) is 12.0. The van der Waals surface area contributed by atoms with Gasteiger partial charge >= 0.3 is 5.97 Å². The lowest BCUT2D eigenvalue weighted by atomic mass is 10.1. The second-order valence-electron chi connectivity index (χ2n) is 2.83. The van der Waals surface area contributed by atoms with Crippen molar-refractivity contribution in [1.82, 2.24) is 0 Å². The molecule has 1 aromatic carbocycles. The fraction of sp³-hybridized carbons (Fsp3) is 0.167. The van der Waals surface area contributed by atoms with Crippen LogP contribution in [0.1, 0.15) is 22.8 Å². The molecule has 0 bridgehead atoms. The van der Waals surface area contributed by atoms with E-state index >= 15 is 0 Å². The van der Waals surface area contributed by atoms with E-state index in [9.17, 15) is 9.59 Å². The fourth-order valence-electron chi connectivity index (χ4n) is 0.998. The molecule has 0 radical (unpaired) electrons. The Bertz CT molecular complexity index is 469. The van der Waals surface area contributed by atoms with Crippen molar-refractivity contribution in [2.24, 2.45) is 0 Å². The van der Waals surface area contributed by atoms with E-state index in [2.05, 4.69) is 16.6 Å². The van der Waals surface area contributed by atoms with Gasteiger partial charge in [-0.15, -0.1) is 0 Å². The summed E-state index contributed by atoms with van der Waals surface area (Å²) in [6, 6.07) is 4.65. The molecule has 0 spiro atoms. The molecule has 0 aliphatic heterocycles. The number of esters is 1. The van der Waals surface area contributed by atoms with Crippen LogP contribution in [0.2, 0.25) is 5.02 Å². The van der Waals surface area contributed by atoms with E-state index in [0.717, 1.165) is 0 Å². The third kappa shape index (κ3) is 3.41. The Morgan fingerprint density at radius 2 is 2.31 bits per heavy atom. The highest BCUT2D eigenvalue weighted by Crippen LogP contribution is 2.15. The molecule has 0 saturated carbocycles. The minimum Gasteiger partial charge on any atom is -0.456 e. The van der Waals surface area contributed by atoms with Crippen LogP contribution in [0.25, 0.3) is 0 Å². The summed E-state index contributed by atoms with van der Waals surface area (Å²) < 4.78 is 4.63. The fourth-order valence-corrected chi connectivity index (χ4v) is 1.16. The Kier molecular flexibility index (Phi) is 4.56. The molecule has 3 nitrogen and oxygen atoms in total. The predicted octanol–water partition coefficient (Wildman–Crippen LogP) is 2.07. The molecule has 1 rings (SSSR count). The molecule has 0 N–H and O–H groups in total. The van der Waals surface area contributed by atoms with E-state index in [0.29, 0.717) is 22.4 Å². The third-order valence-corrected chi connectivity index (χ3v) is 2.03. The molecule has 0 heterocycles. The smallest absolute Gasteiger partial charge is 0.384 e. The molecule has 1 aromatic rings. The van der Waals surface area contributed by atoms with Crippen LogP contribution in [-0.2, 0) is 9.53 Å². The topological polar surface area (TPSA) is 43.4 Å². The molecule has 0 aromatic heterocycles. The van der Waals surface area contributed by atoms with Crippen molar-refractivity contribution in [3.05, 3.63) is 34.3 Å². The molecule has 4 heteroatoms. The molecule has 16 heavy (non-hydrogen) atoms. The zero-order valence-corrected chi connectivity index (χ0v) is 9.38. The van der Waals surface area contributed by atoms with Crippen LogP contribution in [-0.4, -0.2) is 18.9 Å². The van der Waals surface area contributed by atoms with Crippen LogP contribution in [0.5, 0.6) is 0 Å². The molecule has 82 valence electrons. The molecule has 0 fully saturated rings. The van der Waals surface area contributed by atoms with Gasteiger partial charge in [-0.25, -0.2) is 4.79 Å². The number of halogens is 1. The van der Waals surface area contributed by atoms with Crippen LogP contribution in [0.4, 0.5) is 0 Å². The Hall–Kier alpha value is -1.79. The second kappa shape index (κ2) is 5.94. The highest BCUT2D eigenvalue weighted by Gasteiger charge is 1.99. The van der Waals surface area contributed by atoms with Crippen molar-refractivity contribution >= 4 is 23.9 Å². The van der Waals surface area contributed by atoms with Crippen LogP contribution in [0, 0.1) is 11.8 Å². The van der Waals surface area contributed by atoms with E-state index in [4.69, 9.17) is 11.6 Å². The van der Waals surface area contributed by atoms with E-state index in [1.807, 2.05) is 0 Å². The van der Waals surface area contributed by atoms with E-state index in [-0.39, 0.29) is 6.61 Å².